The molecule has 3 amide bonds. The first-order valence-corrected chi connectivity index (χ1v) is 20.3. The number of nitrogens with zero attached hydrogens (tertiary/aromatic N) is 1. The van der Waals surface area contributed by atoms with E-state index in [1.54, 1.807) is 4.98 Å². The highest BCUT2D eigenvalue weighted by Gasteiger charge is 2.51. The molecule has 4 atom stereocenters. The molecule has 0 aromatic carbocycles. The van der Waals surface area contributed by atoms with Gasteiger partial charge in [0.25, 0.3) is 5.56 Å². The minimum atomic E-state index is -1.76. The van der Waals surface area contributed by atoms with Crippen molar-refractivity contribution in [3.63, 3.8) is 0 Å². The number of hydrogen-bond donors (Lipinski definition) is 4. The predicted octanol–water partition coefficient (Wildman–Crippen LogP) is 2.94. The molecule has 322 valence electrons. The van der Waals surface area contributed by atoms with Gasteiger partial charge in [0.15, 0.2) is 18.4 Å². The highest BCUT2D eigenvalue weighted by atomic mass is 19.1. The number of rotatable bonds is 26. The Bertz CT molecular complexity index is 1580. The molecule has 0 unspecified atom stereocenters. The summed E-state index contributed by atoms with van der Waals surface area (Å²) in [7, 11) is 0. The Balaban J connectivity index is 2.42. The zero-order valence-electron chi connectivity index (χ0n) is 34.2. The molecule has 0 aliphatic carbocycles. The van der Waals surface area contributed by atoms with Crippen molar-refractivity contribution in [2.75, 3.05) is 26.2 Å². The molecule has 0 radical (unpaired) electrons. The molecule has 18 heteroatoms. The van der Waals surface area contributed by atoms with Crippen LogP contribution in [0.4, 0.5) is 4.39 Å². The fourth-order valence-corrected chi connectivity index (χ4v) is 6.82. The summed E-state index contributed by atoms with van der Waals surface area (Å²) in [6, 6.07) is 0. The quantitative estimate of drug-likeness (QED) is 0.0782. The number of ether oxygens (including phenoxy) is 4. The van der Waals surface area contributed by atoms with Gasteiger partial charge >= 0.3 is 23.6 Å². The van der Waals surface area contributed by atoms with Crippen LogP contribution < -0.4 is 27.2 Å². The van der Waals surface area contributed by atoms with Gasteiger partial charge in [-0.2, -0.15) is 4.39 Å². The van der Waals surface area contributed by atoms with Crippen molar-refractivity contribution in [3.8, 4) is 0 Å². The fourth-order valence-electron chi connectivity index (χ4n) is 6.82. The smallest absolute Gasteiger partial charge is 0.330 e. The lowest BCUT2D eigenvalue weighted by atomic mass is 9.97. The van der Waals surface area contributed by atoms with Gasteiger partial charge in [-0.25, -0.2) is 4.79 Å². The first kappa shape index (κ1) is 48.5. The zero-order chi connectivity index (χ0) is 42.5. The van der Waals surface area contributed by atoms with Crippen LogP contribution in [0.25, 0.3) is 0 Å². The molecule has 1 aliphatic heterocycles. The molecule has 0 spiro atoms. The third kappa shape index (κ3) is 15.7. The number of amides is 3. The van der Waals surface area contributed by atoms with E-state index in [-0.39, 0.29) is 35.5 Å². The van der Waals surface area contributed by atoms with Crippen molar-refractivity contribution in [2.24, 2.45) is 17.8 Å². The van der Waals surface area contributed by atoms with Crippen LogP contribution in [0.5, 0.6) is 0 Å². The number of halogens is 1. The highest BCUT2D eigenvalue weighted by molar-refractivity contribution is 5.85. The SMILES string of the molecule is CCCC(CCC)C(=O)NCC(=O)OC[C@H]1O[C@@H](n2cc(F)c(=O)[nH]c2=O)[C@H](OC(=O)CNC(=O)C(CCC)CCC)[C@@H]1OC(=O)CNC(=O)C(CCC)CCC. The van der Waals surface area contributed by atoms with Crippen molar-refractivity contribution in [1.29, 1.82) is 0 Å². The highest BCUT2D eigenvalue weighted by Crippen LogP contribution is 2.34. The third-order valence-corrected chi connectivity index (χ3v) is 9.58. The molecule has 2 heterocycles. The van der Waals surface area contributed by atoms with Crippen molar-refractivity contribution >= 4 is 35.6 Å². The van der Waals surface area contributed by atoms with E-state index in [2.05, 4.69) is 16.0 Å². The molecule has 1 aliphatic rings. The standard InChI is InChI=1S/C39H62FN5O12/c1-7-13-24(14-8-2)34(49)41-19-29(46)54-23-28-32(56-30(47)20-42-35(50)25(15-9-3)16-10-4)33(38(55-28)45-22-27(40)37(52)44-39(45)53)57-31(48)21-43-36(51)26(17-11-5)18-12-6/h22,24-26,28,32-33,38H,7-21,23H2,1-6H3,(H,41,49)(H,42,50)(H,43,51)(H,44,52,53)/t28-,32-,33-,38-/m1/s1. The van der Waals surface area contributed by atoms with Crippen molar-refractivity contribution in [1.82, 2.24) is 25.5 Å². The number of carbonyl (C=O) groups is 6. The Labute approximate surface area is 332 Å². The minimum Gasteiger partial charge on any atom is -0.461 e. The van der Waals surface area contributed by atoms with Gasteiger partial charge in [-0.3, -0.25) is 43.1 Å². The Morgan fingerprint density at radius 3 is 1.46 bits per heavy atom. The van der Waals surface area contributed by atoms with Gasteiger partial charge in [0.05, 0.1) is 6.20 Å². The van der Waals surface area contributed by atoms with E-state index in [0.717, 1.165) is 38.5 Å². The van der Waals surface area contributed by atoms with Crippen molar-refractivity contribution < 1.29 is 52.1 Å². The predicted molar refractivity (Wildman–Crippen MR) is 205 cm³/mol. The molecule has 1 fully saturated rings. The van der Waals surface area contributed by atoms with E-state index in [9.17, 15) is 42.7 Å². The van der Waals surface area contributed by atoms with Gasteiger partial charge in [0, 0.05) is 17.8 Å². The molecule has 4 N–H and O–H groups in total. The Morgan fingerprint density at radius 2 is 1.05 bits per heavy atom. The molecule has 0 saturated carbocycles. The summed E-state index contributed by atoms with van der Waals surface area (Å²) in [6.07, 6.45) is 2.00. The van der Waals surface area contributed by atoms with Crippen molar-refractivity contribution in [3.05, 3.63) is 32.9 Å². The second-order valence-electron chi connectivity index (χ2n) is 14.3. The van der Waals surface area contributed by atoms with Crippen LogP contribution in [0.1, 0.15) is 125 Å². The van der Waals surface area contributed by atoms with Crippen LogP contribution in [0.15, 0.2) is 15.8 Å². The van der Waals surface area contributed by atoms with Crippen LogP contribution in [0.2, 0.25) is 0 Å². The lowest BCUT2D eigenvalue weighted by Crippen LogP contribution is -2.46. The maximum absolute atomic E-state index is 14.6. The fraction of sp³-hybridized carbons (Fsp3) is 0.744. The molecular weight excluding hydrogens is 749 g/mol. The molecule has 0 bridgehead atoms. The molecule has 1 saturated heterocycles. The number of esters is 3. The van der Waals surface area contributed by atoms with E-state index in [4.69, 9.17) is 18.9 Å². The molecule has 1 aromatic heterocycles. The lowest BCUT2D eigenvalue weighted by Gasteiger charge is -2.25. The monoisotopic (exact) mass is 811 g/mol. The summed E-state index contributed by atoms with van der Waals surface area (Å²) in [6.45, 7) is 9.17. The van der Waals surface area contributed by atoms with Crippen LogP contribution >= 0.6 is 0 Å². The zero-order valence-corrected chi connectivity index (χ0v) is 34.2. The van der Waals surface area contributed by atoms with E-state index in [0.29, 0.717) is 49.3 Å². The minimum absolute atomic E-state index is 0.296. The number of nitrogens with one attached hydrogen (secondary N) is 4. The van der Waals surface area contributed by atoms with Gasteiger partial charge in [-0.1, -0.05) is 80.1 Å². The second kappa shape index (κ2) is 25.6. The Hall–Kier alpha value is -4.61. The van der Waals surface area contributed by atoms with E-state index in [1.807, 2.05) is 41.5 Å². The molecule has 57 heavy (non-hydrogen) atoms. The molecular formula is C39H62FN5O12. The molecule has 1 aromatic rings. The van der Waals surface area contributed by atoms with E-state index in [1.165, 1.54) is 0 Å². The van der Waals surface area contributed by atoms with Gasteiger partial charge in [-0.15, -0.1) is 0 Å². The number of aromatic nitrogens is 2. The van der Waals surface area contributed by atoms with Crippen molar-refractivity contribution in [2.45, 2.75) is 143 Å². The second-order valence-corrected chi connectivity index (χ2v) is 14.3. The van der Waals surface area contributed by atoms with Gasteiger partial charge in [-0.05, 0) is 38.5 Å². The maximum Gasteiger partial charge on any atom is 0.330 e. The largest absolute Gasteiger partial charge is 0.461 e. The number of hydrogen-bond acceptors (Lipinski definition) is 12. The number of aromatic amines is 1. The van der Waals surface area contributed by atoms with Crippen LogP contribution in [-0.4, -0.2) is 89.7 Å². The first-order valence-electron chi connectivity index (χ1n) is 20.3. The summed E-state index contributed by atoms with van der Waals surface area (Å²) in [5, 5.41) is 7.64. The summed E-state index contributed by atoms with van der Waals surface area (Å²) in [4.78, 5) is 105. The summed E-state index contributed by atoms with van der Waals surface area (Å²) < 4.78 is 37.9. The normalized spacial score (nSPS) is 17.7. The van der Waals surface area contributed by atoms with Gasteiger partial charge in [0.2, 0.25) is 23.5 Å². The van der Waals surface area contributed by atoms with Gasteiger partial charge < -0.3 is 34.9 Å². The molecule has 17 nitrogen and oxygen atoms in total. The Kier molecular flexibility index (Phi) is 21.8. The van der Waals surface area contributed by atoms with Crippen LogP contribution in [0.3, 0.4) is 0 Å². The third-order valence-electron chi connectivity index (χ3n) is 9.58. The van der Waals surface area contributed by atoms with E-state index < -0.39 is 85.8 Å². The number of carbonyl (C=O) groups excluding carboxylic acids is 6. The summed E-state index contributed by atoms with van der Waals surface area (Å²) in [5.41, 5.74) is -2.51. The van der Waals surface area contributed by atoms with Crippen LogP contribution in [0, 0.1) is 23.6 Å². The lowest BCUT2D eigenvalue weighted by molar-refractivity contribution is -0.168. The summed E-state index contributed by atoms with van der Waals surface area (Å²) in [5.74, 6) is -6.43. The average molecular weight is 812 g/mol. The Morgan fingerprint density at radius 1 is 0.667 bits per heavy atom. The average Bonchev–Trinajstić information content (AvgIpc) is 3.50. The van der Waals surface area contributed by atoms with Crippen LogP contribution in [-0.2, 0) is 47.7 Å². The summed E-state index contributed by atoms with van der Waals surface area (Å²) >= 11 is 0. The molecule has 2 rings (SSSR count). The van der Waals surface area contributed by atoms with Gasteiger partial charge in [0.1, 0.15) is 32.3 Å². The number of H-pyrrole nitrogens is 1. The first-order chi connectivity index (χ1) is 27.2. The maximum atomic E-state index is 14.6. The van der Waals surface area contributed by atoms with E-state index >= 15 is 0 Å². The topological polar surface area (TPSA) is 230 Å².